The van der Waals surface area contributed by atoms with E-state index in [0.29, 0.717) is 5.82 Å². The highest BCUT2D eigenvalue weighted by molar-refractivity contribution is 5.44. The molecule has 2 aromatic heterocycles. The summed E-state index contributed by atoms with van der Waals surface area (Å²) in [6, 6.07) is 1.76. The predicted molar refractivity (Wildman–Crippen MR) is 75.8 cm³/mol. The summed E-state index contributed by atoms with van der Waals surface area (Å²) in [5.74, 6) is 3.13. The Bertz CT molecular complexity index is 534. The van der Waals surface area contributed by atoms with Crippen molar-refractivity contribution in [2.24, 2.45) is 7.05 Å². The number of aryl methyl sites for hydroxylation is 2. The Kier molecular flexibility index (Phi) is 4.33. The standard InChI is InChI=1S/C13H20N6/c1-3-4-11-17-10(14)9-12(18-11)15-6-5-13-16-7-8-19(13)2/h7-9H,3-6H2,1-2H3,(H3,14,15,17,18). The Morgan fingerprint density at radius 2 is 2.16 bits per heavy atom. The smallest absolute Gasteiger partial charge is 0.133 e. The lowest BCUT2D eigenvalue weighted by Gasteiger charge is -2.08. The quantitative estimate of drug-likeness (QED) is 0.820. The van der Waals surface area contributed by atoms with Gasteiger partial charge in [0.15, 0.2) is 0 Å². The first-order valence-electron chi connectivity index (χ1n) is 6.52. The number of hydrogen-bond donors (Lipinski definition) is 2. The van der Waals surface area contributed by atoms with Gasteiger partial charge in [-0.1, -0.05) is 6.92 Å². The summed E-state index contributed by atoms with van der Waals surface area (Å²) >= 11 is 0. The number of nitrogens with zero attached hydrogens (tertiary/aromatic N) is 4. The Labute approximate surface area is 113 Å². The first-order chi connectivity index (χ1) is 9.19. The van der Waals surface area contributed by atoms with Crippen molar-refractivity contribution in [1.82, 2.24) is 19.5 Å². The highest BCUT2D eigenvalue weighted by atomic mass is 15.1. The van der Waals surface area contributed by atoms with Gasteiger partial charge in [-0.25, -0.2) is 15.0 Å². The van der Waals surface area contributed by atoms with Crippen molar-refractivity contribution in [3.05, 3.63) is 30.1 Å². The van der Waals surface area contributed by atoms with Gasteiger partial charge in [-0.15, -0.1) is 0 Å². The Hall–Kier alpha value is -2.11. The molecule has 0 aromatic carbocycles. The van der Waals surface area contributed by atoms with Crippen LogP contribution in [0.2, 0.25) is 0 Å². The summed E-state index contributed by atoms with van der Waals surface area (Å²) < 4.78 is 2.01. The molecule has 0 aliphatic carbocycles. The average Bonchev–Trinajstić information content (AvgIpc) is 2.75. The zero-order valence-corrected chi connectivity index (χ0v) is 11.4. The fourth-order valence-corrected chi connectivity index (χ4v) is 1.88. The van der Waals surface area contributed by atoms with Crippen LogP contribution in [0.4, 0.5) is 11.6 Å². The largest absolute Gasteiger partial charge is 0.384 e. The Balaban J connectivity index is 1.94. The van der Waals surface area contributed by atoms with E-state index in [1.807, 2.05) is 17.8 Å². The number of anilines is 2. The zero-order chi connectivity index (χ0) is 13.7. The van der Waals surface area contributed by atoms with Gasteiger partial charge in [-0.3, -0.25) is 0 Å². The van der Waals surface area contributed by atoms with Crippen molar-refractivity contribution < 1.29 is 0 Å². The van der Waals surface area contributed by atoms with E-state index < -0.39 is 0 Å². The SMILES string of the molecule is CCCc1nc(N)cc(NCCc2nccn2C)n1. The summed E-state index contributed by atoms with van der Waals surface area (Å²) in [4.78, 5) is 12.9. The van der Waals surface area contributed by atoms with Crippen molar-refractivity contribution in [3.8, 4) is 0 Å². The van der Waals surface area contributed by atoms with Gasteiger partial charge in [-0.2, -0.15) is 0 Å². The molecule has 0 spiro atoms. The third-order valence-electron chi connectivity index (χ3n) is 2.84. The third kappa shape index (κ3) is 3.67. The number of hydrogen-bond acceptors (Lipinski definition) is 5. The molecule has 6 nitrogen and oxygen atoms in total. The van der Waals surface area contributed by atoms with Crippen molar-refractivity contribution >= 4 is 11.6 Å². The normalized spacial score (nSPS) is 10.6. The van der Waals surface area contributed by atoms with Crippen LogP contribution in [0.1, 0.15) is 25.0 Å². The summed E-state index contributed by atoms with van der Waals surface area (Å²) in [5.41, 5.74) is 5.77. The predicted octanol–water partition coefficient (Wildman–Crippen LogP) is 1.40. The molecule has 2 rings (SSSR count). The molecule has 19 heavy (non-hydrogen) atoms. The number of rotatable bonds is 6. The van der Waals surface area contributed by atoms with Crippen LogP contribution in [0.3, 0.4) is 0 Å². The van der Waals surface area contributed by atoms with Crippen molar-refractivity contribution in [1.29, 1.82) is 0 Å². The maximum atomic E-state index is 5.77. The lowest BCUT2D eigenvalue weighted by molar-refractivity contribution is 0.786. The van der Waals surface area contributed by atoms with Crippen LogP contribution >= 0.6 is 0 Å². The summed E-state index contributed by atoms with van der Waals surface area (Å²) in [7, 11) is 1.99. The molecule has 0 aliphatic rings. The van der Waals surface area contributed by atoms with E-state index in [1.165, 1.54) is 0 Å². The van der Waals surface area contributed by atoms with Crippen molar-refractivity contribution in [3.63, 3.8) is 0 Å². The maximum Gasteiger partial charge on any atom is 0.133 e. The molecule has 0 bridgehead atoms. The lowest BCUT2D eigenvalue weighted by atomic mass is 10.3. The minimum absolute atomic E-state index is 0.512. The van der Waals surface area contributed by atoms with Crippen LogP contribution < -0.4 is 11.1 Å². The van der Waals surface area contributed by atoms with E-state index in [9.17, 15) is 0 Å². The molecular weight excluding hydrogens is 240 g/mol. The first-order valence-corrected chi connectivity index (χ1v) is 6.52. The second kappa shape index (κ2) is 6.17. The van der Waals surface area contributed by atoms with Crippen molar-refractivity contribution in [2.45, 2.75) is 26.2 Å². The van der Waals surface area contributed by atoms with Gasteiger partial charge in [0.25, 0.3) is 0 Å². The summed E-state index contributed by atoms with van der Waals surface area (Å²) in [5, 5.41) is 3.27. The van der Waals surface area contributed by atoms with Gasteiger partial charge in [0.2, 0.25) is 0 Å². The molecule has 0 amide bonds. The minimum Gasteiger partial charge on any atom is -0.384 e. The fourth-order valence-electron chi connectivity index (χ4n) is 1.88. The molecule has 0 aliphatic heterocycles. The Morgan fingerprint density at radius 1 is 1.32 bits per heavy atom. The molecular formula is C13H20N6. The van der Waals surface area contributed by atoms with Crippen LogP contribution in [-0.2, 0) is 19.9 Å². The second-order valence-electron chi connectivity index (χ2n) is 4.48. The van der Waals surface area contributed by atoms with Crippen LogP contribution in [0, 0.1) is 0 Å². The fraction of sp³-hybridized carbons (Fsp3) is 0.462. The molecule has 0 saturated heterocycles. The van der Waals surface area contributed by atoms with Gasteiger partial charge in [0.1, 0.15) is 23.3 Å². The number of imidazole rings is 1. The van der Waals surface area contributed by atoms with Gasteiger partial charge < -0.3 is 15.6 Å². The first kappa shape index (κ1) is 13.3. The van der Waals surface area contributed by atoms with E-state index in [-0.39, 0.29) is 0 Å². The maximum absolute atomic E-state index is 5.77. The minimum atomic E-state index is 0.512. The van der Waals surface area contributed by atoms with E-state index in [2.05, 4.69) is 27.2 Å². The summed E-state index contributed by atoms with van der Waals surface area (Å²) in [6.45, 7) is 2.87. The molecule has 0 unspecified atom stereocenters. The van der Waals surface area contributed by atoms with E-state index in [1.54, 1.807) is 12.3 Å². The molecule has 0 atom stereocenters. The molecule has 102 valence electrons. The van der Waals surface area contributed by atoms with E-state index in [0.717, 1.165) is 43.3 Å². The third-order valence-corrected chi connectivity index (χ3v) is 2.84. The molecule has 6 heteroatoms. The molecule has 0 radical (unpaired) electrons. The molecule has 0 fully saturated rings. The van der Waals surface area contributed by atoms with E-state index >= 15 is 0 Å². The van der Waals surface area contributed by atoms with Gasteiger partial charge in [0, 0.05) is 44.9 Å². The van der Waals surface area contributed by atoms with Gasteiger partial charge >= 0.3 is 0 Å². The topological polar surface area (TPSA) is 81.6 Å². The number of aromatic nitrogens is 4. The summed E-state index contributed by atoms with van der Waals surface area (Å²) in [6.07, 6.45) is 6.44. The average molecular weight is 260 g/mol. The Morgan fingerprint density at radius 3 is 2.84 bits per heavy atom. The lowest BCUT2D eigenvalue weighted by Crippen LogP contribution is -2.11. The van der Waals surface area contributed by atoms with Crippen LogP contribution in [-0.4, -0.2) is 26.1 Å². The number of nitrogen functional groups attached to an aromatic ring is 1. The number of nitrogens with two attached hydrogens (primary N) is 1. The second-order valence-corrected chi connectivity index (χ2v) is 4.48. The molecule has 2 aromatic rings. The van der Waals surface area contributed by atoms with E-state index in [4.69, 9.17) is 5.73 Å². The van der Waals surface area contributed by atoms with Crippen LogP contribution in [0.5, 0.6) is 0 Å². The highest BCUT2D eigenvalue weighted by Crippen LogP contribution is 2.09. The molecule has 2 heterocycles. The van der Waals surface area contributed by atoms with Gasteiger partial charge in [-0.05, 0) is 6.42 Å². The van der Waals surface area contributed by atoms with Gasteiger partial charge in [0.05, 0.1) is 0 Å². The van der Waals surface area contributed by atoms with Crippen molar-refractivity contribution in [2.75, 3.05) is 17.6 Å². The number of nitrogens with one attached hydrogen (secondary N) is 1. The van der Waals surface area contributed by atoms with Crippen LogP contribution in [0.25, 0.3) is 0 Å². The van der Waals surface area contributed by atoms with Crippen LogP contribution in [0.15, 0.2) is 18.5 Å². The highest BCUT2D eigenvalue weighted by Gasteiger charge is 2.03. The monoisotopic (exact) mass is 260 g/mol. The molecule has 3 N–H and O–H groups in total. The molecule has 0 saturated carbocycles. The zero-order valence-electron chi connectivity index (χ0n) is 11.4.